The van der Waals surface area contributed by atoms with Crippen LogP contribution in [0.3, 0.4) is 0 Å². The van der Waals surface area contributed by atoms with Crippen LogP contribution in [0.25, 0.3) is 11.0 Å². The molecule has 1 fully saturated rings. The van der Waals surface area contributed by atoms with E-state index in [4.69, 9.17) is 16.1 Å². The second-order valence-corrected chi connectivity index (χ2v) is 8.25. The zero-order chi connectivity index (χ0) is 20.7. The monoisotopic (exact) mass is 418 g/mol. The topological polar surface area (TPSA) is 64.2 Å². The molecule has 29 heavy (non-hydrogen) atoms. The molecule has 3 aromatic rings. The number of hydrogen-bond donors (Lipinski definition) is 0. The van der Waals surface area contributed by atoms with Crippen molar-refractivity contribution in [2.75, 3.05) is 13.1 Å². The fourth-order valence-electron chi connectivity index (χ4n) is 4.10. The minimum atomic E-state index is -0.335. The number of carbonyl (C=O) groups is 1. The van der Waals surface area contributed by atoms with Gasteiger partial charge in [0, 0.05) is 30.5 Å². The Morgan fingerprint density at radius 2 is 2.07 bits per heavy atom. The lowest BCUT2D eigenvalue weighted by molar-refractivity contribution is -0.136. The van der Waals surface area contributed by atoms with Gasteiger partial charge >= 0.3 is 0 Å². The molecule has 154 valence electrons. The summed E-state index contributed by atoms with van der Waals surface area (Å²) in [6, 6.07) is 4.50. The molecule has 0 saturated carbocycles. The van der Waals surface area contributed by atoms with Gasteiger partial charge in [-0.3, -0.25) is 9.48 Å². The van der Waals surface area contributed by atoms with Crippen LogP contribution in [0.4, 0.5) is 4.39 Å². The highest BCUT2D eigenvalue weighted by Crippen LogP contribution is 2.33. The van der Waals surface area contributed by atoms with Crippen molar-refractivity contribution in [3.63, 3.8) is 0 Å². The van der Waals surface area contributed by atoms with Crippen LogP contribution < -0.4 is 0 Å². The Kier molecular flexibility index (Phi) is 5.34. The van der Waals surface area contributed by atoms with Crippen LogP contribution in [-0.2, 0) is 11.3 Å². The van der Waals surface area contributed by atoms with Crippen LogP contribution in [0.5, 0.6) is 0 Å². The summed E-state index contributed by atoms with van der Waals surface area (Å²) in [5, 5.41) is 10.1. The normalized spacial score (nSPS) is 16.5. The lowest BCUT2D eigenvalue weighted by atomic mass is 9.91. The van der Waals surface area contributed by atoms with Gasteiger partial charge in [-0.05, 0) is 38.8 Å². The number of nitrogens with zero attached hydrogens (tertiary/aromatic N) is 4. The number of piperidine rings is 1. The SMILES string of the molecule is Cc1nn(C[C@H](C)C(=O)N2CCC(c3noc4cc(F)ccc34)CC2)c(C)c1Cl. The summed E-state index contributed by atoms with van der Waals surface area (Å²) in [5.74, 6) is -0.190. The van der Waals surface area contributed by atoms with Gasteiger partial charge in [0.1, 0.15) is 5.82 Å². The zero-order valence-corrected chi connectivity index (χ0v) is 17.5. The largest absolute Gasteiger partial charge is 0.356 e. The van der Waals surface area contributed by atoms with Crippen molar-refractivity contribution >= 4 is 28.5 Å². The molecule has 3 heterocycles. The summed E-state index contributed by atoms with van der Waals surface area (Å²) in [6.07, 6.45) is 1.62. The quantitative estimate of drug-likeness (QED) is 0.626. The van der Waals surface area contributed by atoms with E-state index >= 15 is 0 Å². The number of rotatable bonds is 4. The van der Waals surface area contributed by atoms with E-state index in [1.807, 2.05) is 30.4 Å². The van der Waals surface area contributed by atoms with Crippen molar-refractivity contribution in [2.45, 2.75) is 46.1 Å². The molecule has 2 aromatic heterocycles. The summed E-state index contributed by atoms with van der Waals surface area (Å²) >= 11 is 6.21. The summed E-state index contributed by atoms with van der Waals surface area (Å²) in [5.41, 5.74) is 2.99. The standard InChI is InChI=1S/C21H24ClFN4O2/c1-12(11-27-14(3)19(22)13(2)24-27)21(28)26-8-6-15(7-9-26)20-17-5-4-16(23)10-18(17)29-25-20/h4-5,10,12,15H,6-9,11H2,1-3H3/t12-/m0/s1. The van der Waals surface area contributed by atoms with Crippen LogP contribution in [0.2, 0.25) is 5.02 Å². The summed E-state index contributed by atoms with van der Waals surface area (Å²) in [4.78, 5) is 14.8. The molecule has 0 N–H and O–H groups in total. The number of aryl methyl sites for hydroxylation is 1. The van der Waals surface area contributed by atoms with Crippen molar-refractivity contribution in [1.82, 2.24) is 19.8 Å². The molecule has 4 rings (SSSR count). The van der Waals surface area contributed by atoms with Gasteiger partial charge in [-0.1, -0.05) is 23.7 Å². The Morgan fingerprint density at radius 3 is 2.72 bits per heavy atom. The van der Waals surface area contributed by atoms with E-state index < -0.39 is 0 Å². The van der Waals surface area contributed by atoms with Crippen molar-refractivity contribution in [2.24, 2.45) is 5.92 Å². The van der Waals surface area contributed by atoms with Gasteiger partial charge in [0.05, 0.1) is 34.6 Å². The average molecular weight is 419 g/mol. The Labute approximate surface area is 173 Å². The van der Waals surface area contributed by atoms with E-state index in [1.165, 1.54) is 12.1 Å². The number of aromatic nitrogens is 3. The molecule has 0 spiro atoms. The molecule has 1 saturated heterocycles. The Hall–Kier alpha value is -2.41. The summed E-state index contributed by atoms with van der Waals surface area (Å²) in [6.45, 7) is 7.56. The van der Waals surface area contributed by atoms with E-state index in [-0.39, 0.29) is 23.6 Å². The van der Waals surface area contributed by atoms with Gasteiger partial charge in [0.15, 0.2) is 5.58 Å². The van der Waals surface area contributed by atoms with Gasteiger partial charge in [0.2, 0.25) is 5.91 Å². The second kappa shape index (κ2) is 7.78. The highest BCUT2D eigenvalue weighted by atomic mass is 35.5. The number of hydrogen-bond acceptors (Lipinski definition) is 4. The van der Waals surface area contributed by atoms with Gasteiger partial charge < -0.3 is 9.42 Å². The lowest BCUT2D eigenvalue weighted by Crippen LogP contribution is -2.41. The molecule has 0 radical (unpaired) electrons. The van der Waals surface area contributed by atoms with E-state index in [9.17, 15) is 9.18 Å². The van der Waals surface area contributed by atoms with Crippen LogP contribution in [0, 0.1) is 25.6 Å². The Balaban J connectivity index is 1.39. The molecule has 1 aliphatic rings. The molecule has 1 atom stereocenters. The first-order valence-corrected chi connectivity index (χ1v) is 10.3. The Bertz CT molecular complexity index is 1050. The second-order valence-electron chi connectivity index (χ2n) is 7.88. The number of benzene rings is 1. The molecule has 8 heteroatoms. The summed E-state index contributed by atoms with van der Waals surface area (Å²) in [7, 11) is 0. The van der Waals surface area contributed by atoms with Crippen LogP contribution in [0.15, 0.2) is 22.7 Å². The van der Waals surface area contributed by atoms with E-state index in [0.717, 1.165) is 35.3 Å². The van der Waals surface area contributed by atoms with Crippen molar-refractivity contribution in [3.8, 4) is 0 Å². The van der Waals surface area contributed by atoms with Crippen molar-refractivity contribution < 1.29 is 13.7 Å². The molecule has 6 nitrogen and oxygen atoms in total. The highest BCUT2D eigenvalue weighted by molar-refractivity contribution is 6.31. The molecule has 1 amide bonds. The third kappa shape index (κ3) is 3.75. The number of likely N-dealkylation sites (tertiary alicyclic amines) is 1. The predicted octanol–water partition coefficient (Wildman–Crippen LogP) is 4.48. The van der Waals surface area contributed by atoms with E-state index in [2.05, 4.69) is 10.3 Å². The number of fused-ring (bicyclic) bond motifs is 1. The first-order chi connectivity index (χ1) is 13.8. The fourth-order valence-corrected chi connectivity index (χ4v) is 4.24. The maximum atomic E-state index is 13.4. The van der Waals surface area contributed by atoms with Gasteiger partial charge in [-0.2, -0.15) is 5.10 Å². The van der Waals surface area contributed by atoms with E-state index in [0.29, 0.717) is 30.2 Å². The van der Waals surface area contributed by atoms with Gasteiger partial charge in [-0.15, -0.1) is 0 Å². The minimum absolute atomic E-state index is 0.124. The highest BCUT2D eigenvalue weighted by Gasteiger charge is 2.29. The lowest BCUT2D eigenvalue weighted by Gasteiger charge is -2.33. The van der Waals surface area contributed by atoms with Gasteiger partial charge in [-0.25, -0.2) is 4.39 Å². The molecule has 0 bridgehead atoms. The van der Waals surface area contributed by atoms with Crippen molar-refractivity contribution in [3.05, 3.63) is 46.1 Å². The Morgan fingerprint density at radius 1 is 1.34 bits per heavy atom. The van der Waals surface area contributed by atoms with E-state index in [1.54, 1.807) is 6.07 Å². The number of carbonyl (C=O) groups excluding carboxylic acids is 1. The molecular weight excluding hydrogens is 395 g/mol. The van der Waals surface area contributed by atoms with Crippen LogP contribution in [-0.4, -0.2) is 38.8 Å². The molecule has 0 unspecified atom stereocenters. The maximum absolute atomic E-state index is 13.4. The van der Waals surface area contributed by atoms with Gasteiger partial charge in [0.25, 0.3) is 0 Å². The maximum Gasteiger partial charge on any atom is 0.227 e. The third-order valence-electron chi connectivity index (χ3n) is 5.82. The fraction of sp³-hybridized carbons (Fsp3) is 0.476. The first-order valence-electron chi connectivity index (χ1n) is 9.88. The third-order valence-corrected chi connectivity index (χ3v) is 6.36. The molecule has 1 aliphatic heterocycles. The number of halogens is 2. The minimum Gasteiger partial charge on any atom is -0.356 e. The smallest absolute Gasteiger partial charge is 0.227 e. The summed E-state index contributed by atoms with van der Waals surface area (Å²) < 4.78 is 20.5. The van der Waals surface area contributed by atoms with Crippen LogP contribution in [0.1, 0.15) is 42.8 Å². The zero-order valence-electron chi connectivity index (χ0n) is 16.8. The average Bonchev–Trinajstić information content (AvgIpc) is 3.23. The number of amides is 1. The molecule has 1 aromatic carbocycles. The van der Waals surface area contributed by atoms with Crippen molar-refractivity contribution in [1.29, 1.82) is 0 Å². The van der Waals surface area contributed by atoms with Crippen LogP contribution >= 0.6 is 11.6 Å². The first kappa shape index (κ1) is 19.9. The predicted molar refractivity (Wildman–Crippen MR) is 108 cm³/mol. The molecule has 0 aliphatic carbocycles. The molecular formula is C21H24ClFN4O2.